The highest BCUT2D eigenvalue weighted by atomic mass is 32.2. The van der Waals surface area contributed by atoms with Crippen LogP contribution in [-0.2, 0) is 4.74 Å². The summed E-state index contributed by atoms with van der Waals surface area (Å²) in [6.07, 6.45) is 5.32. The Kier molecular flexibility index (Phi) is 5.28. The van der Waals surface area contributed by atoms with E-state index in [4.69, 9.17) is 4.74 Å². The van der Waals surface area contributed by atoms with Crippen LogP contribution < -0.4 is 5.32 Å². The Labute approximate surface area is 92.2 Å². The fourth-order valence-corrected chi connectivity index (χ4v) is 2.25. The lowest BCUT2D eigenvalue weighted by Gasteiger charge is -2.33. The van der Waals surface area contributed by atoms with Crippen LogP contribution in [0, 0.1) is 0 Å². The van der Waals surface area contributed by atoms with Crippen LogP contribution >= 0.6 is 11.8 Å². The van der Waals surface area contributed by atoms with Crippen molar-refractivity contribution in [3.8, 4) is 0 Å². The van der Waals surface area contributed by atoms with Crippen LogP contribution in [-0.4, -0.2) is 36.3 Å². The topological polar surface area (TPSA) is 21.3 Å². The second-order valence-electron chi connectivity index (χ2n) is 4.38. The second-order valence-corrected chi connectivity index (χ2v) is 5.66. The van der Waals surface area contributed by atoms with Crippen LogP contribution in [0.15, 0.2) is 0 Å². The number of hydrogen-bond acceptors (Lipinski definition) is 3. The van der Waals surface area contributed by atoms with E-state index in [0.717, 1.165) is 19.4 Å². The van der Waals surface area contributed by atoms with Gasteiger partial charge >= 0.3 is 0 Å². The molecule has 3 unspecified atom stereocenters. The smallest absolute Gasteiger partial charge is 0.0565 e. The zero-order chi connectivity index (χ0) is 10.6. The van der Waals surface area contributed by atoms with Gasteiger partial charge in [0.1, 0.15) is 0 Å². The van der Waals surface area contributed by atoms with Crippen molar-refractivity contribution in [3.63, 3.8) is 0 Å². The number of thioether (sulfide) groups is 1. The Bertz CT molecular complexity index is 155. The maximum Gasteiger partial charge on any atom is 0.0565 e. The highest BCUT2D eigenvalue weighted by molar-refractivity contribution is 7.99. The first-order valence-electron chi connectivity index (χ1n) is 5.53. The highest BCUT2D eigenvalue weighted by Gasteiger charge is 2.23. The third-order valence-electron chi connectivity index (χ3n) is 2.79. The summed E-state index contributed by atoms with van der Waals surface area (Å²) in [5.41, 5.74) is 0. The first kappa shape index (κ1) is 12.3. The summed E-state index contributed by atoms with van der Waals surface area (Å²) < 4.78 is 5.70. The molecule has 0 spiro atoms. The number of nitrogens with one attached hydrogen (secondary N) is 1. The van der Waals surface area contributed by atoms with Gasteiger partial charge in [0.15, 0.2) is 0 Å². The zero-order valence-electron chi connectivity index (χ0n) is 9.75. The summed E-state index contributed by atoms with van der Waals surface area (Å²) in [7, 11) is 0. The molecule has 1 aliphatic rings. The molecule has 0 saturated carbocycles. The molecule has 3 atom stereocenters. The molecule has 0 amide bonds. The van der Waals surface area contributed by atoms with Crippen LogP contribution in [0.4, 0.5) is 0 Å². The first-order chi connectivity index (χ1) is 6.61. The van der Waals surface area contributed by atoms with Crippen molar-refractivity contribution in [2.24, 2.45) is 0 Å². The number of hydrogen-bond donors (Lipinski definition) is 1. The van der Waals surface area contributed by atoms with Gasteiger partial charge in [0, 0.05) is 17.8 Å². The molecule has 3 heteroatoms. The summed E-state index contributed by atoms with van der Waals surface area (Å²) in [5.74, 6) is 0. The Balaban J connectivity index is 2.23. The van der Waals surface area contributed by atoms with Crippen LogP contribution in [0.3, 0.4) is 0 Å². The molecule has 1 saturated heterocycles. The fraction of sp³-hybridized carbons (Fsp3) is 1.00. The second kappa shape index (κ2) is 5.99. The predicted octanol–water partition coefficient (Wildman–Crippen LogP) is 2.28. The third-order valence-corrected chi connectivity index (χ3v) is 3.77. The van der Waals surface area contributed by atoms with Crippen molar-refractivity contribution in [1.82, 2.24) is 5.32 Å². The molecule has 14 heavy (non-hydrogen) atoms. The summed E-state index contributed by atoms with van der Waals surface area (Å²) in [4.78, 5) is 0. The molecule has 1 rings (SSSR count). The van der Waals surface area contributed by atoms with E-state index < -0.39 is 0 Å². The molecule has 1 aliphatic heterocycles. The average Bonchev–Trinajstić information content (AvgIpc) is 2.12. The summed E-state index contributed by atoms with van der Waals surface area (Å²) >= 11 is 1.92. The molecule has 0 aromatic heterocycles. The van der Waals surface area contributed by atoms with Gasteiger partial charge in [-0.1, -0.05) is 6.92 Å². The molecular weight excluding hydrogens is 194 g/mol. The van der Waals surface area contributed by atoms with Crippen LogP contribution in [0.25, 0.3) is 0 Å². The number of ether oxygens (including phenoxy) is 1. The largest absolute Gasteiger partial charge is 0.375 e. The molecule has 0 aromatic rings. The van der Waals surface area contributed by atoms with E-state index in [2.05, 4.69) is 32.3 Å². The van der Waals surface area contributed by atoms with Gasteiger partial charge in [0.25, 0.3) is 0 Å². The Morgan fingerprint density at radius 3 is 2.43 bits per heavy atom. The lowest BCUT2D eigenvalue weighted by molar-refractivity contribution is -0.0419. The summed E-state index contributed by atoms with van der Waals surface area (Å²) in [5, 5.41) is 4.34. The molecule has 1 heterocycles. The van der Waals surface area contributed by atoms with Gasteiger partial charge in [-0.15, -0.1) is 0 Å². The first-order valence-corrected chi connectivity index (χ1v) is 6.82. The van der Waals surface area contributed by atoms with Gasteiger partial charge in [-0.2, -0.15) is 11.8 Å². The van der Waals surface area contributed by atoms with E-state index >= 15 is 0 Å². The minimum absolute atomic E-state index is 0.417. The van der Waals surface area contributed by atoms with Gasteiger partial charge in [0.05, 0.1) is 12.2 Å². The SMILES string of the molecule is CSC(C)CNC1CC(C)OC(C)C1. The molecule has 0 bridgehead atoms. The van der Waals surface area contributed by atoms with E-state index in [9.17, 15) is 0 Å². The lowest BCUT2D eigenvalue weighted by atomic mass is 10.00. The Morgan fingerprint density at radius 2 is 1.93 bits per heavy atom. The van der Waals surface area contributed by atoms with E-state index in [1.807, 2.05) is 11.8 Å². The average molecular weight is 217 g/mol. The van der Waals surface area contributed by atoms with Crippen molar-refractivity contribution in [2.75, 3.05) is 12.8 Å². The summed E-state index contributed by atoms with van der Waals surface area (Å²) in [6.45, 7) is 7.72. The van der Waals surface area contributed by atoms with Crippen molar-refractivity contribution >= 4 is 11.8 Å². The standard InChI is InChI=1S/C11H23NOS/c1-8-5-11(6-9(2)13-8)12-7-10(3)14-4/h8-12H,5-7H2,1-4H3. The third kappa shape index (κ3) is 4.20. The van der Waals surface area contributed by atoms with Crippen molar-refractivity contribution in [1.29, 1.82) is 0 Å². The van der Waals surface area contributed by atoms with Gasteiger partial charge in [0.2, 0.25) is 0 Å². The van der Waals surface area contributed by atoms with E-state index in [1.54, 1.807) is 0 Å². The Morgan fingerprint density at radius 1 is 1.36 bits per heavy atom. The maximum atomic E-state index is 5.70. The quantitative estimate of drug-likeness (QED) is 0.780. The highest BCUT2D eigenvalue weighted by Crippen LogP contribution is 2.19. The van der Waals surface area contributed by atoms with Gasteiger partial charge in [-0.05, 0) is 32.9 Å². The lowest BCUT2D eigenvalue weighted by Crippen LogP contribution is -2.43. The van der Waals surface area contributed by atoms with Crippen LogP contribution in [0.2, 0.25) is 0 Å². The molecule has 0 radical (unpaired) electrons. The van der Waals surface area contributed by atoms with E-state index in [1.165, 1.54) is 0 Å². The van der Waals surface area contributed by atoms with Crippen molar-refractivity contribution < 1.29 is 4.74 Å². The monoisotopic (exact) mass is 217 g/mol. The number of rotatable bonds is 4. The van der Waals surface area contributed by atoms with Gasteiger partial charge < -0.3 is 10.1 Å². The normalized spacial score (nSPS) is 35.6. The molecule has 2 nitrogen and oxygen atoms in total. The van der Waals surface area contributed by atoms with Crippen LogP contribution in [0.5, 0.6) is 0 Å². The molecule has 1 fully saturated rings. The molecule has 84 valence electrons. The fourth-order valence-electron chi connectivity index (χ4n) is 1.99. The molecule has 1 N–H and O–H groups in total. The maximum absolute atomic E-state index is 5.70. The van der Waals surface area contributed by atoms with Crippen molar-refractivity contribution in [2.45, 2.75) is 57.1 Å². The van der Waals surface area contributed by atoms with Crippen LogP contribution in [0.1, 0.15) is 33.6 Å². The van der Waals surface area contributed by atoms with Crippen molar-refractivity contribution in [3.05, 3.63) is 0 Å². The minimum atomic E-state index is 0.417. The van der Waals surface area contributed by atoms with E-state index in [-0.39, 0.29) is 0 Å². The van der Waals surface area contributed by atoms with Gasteiger partial charge in [-0.25, -0.2) is 0 Å². The van der Waals surface area contributed by atoms with Gasteiger partial charge in [-0.3, -0.25) is 0 Å². The molecule has 0 aromatic carbocycles. The minimum Gasteiger partial charge on any atom is -0.375 e. The molecule has 0 aliphatic carbocycles. The Hall–Kier alpha value is 0.270. The molecular formula is C11H23NOS. The summed E-state index contributed by atoms with van der Waals surface area (Å²) in [6, 6.07) is 0.656. The zero-order valence-corrected chi connectivity index (χ0v) is 10.6. The predicted molar refractivity (Wildman–Crippen MR) is 64.0 cm³/mol. The van der Waals surface area contributed by atoms with E-state index in [0.29, 0.717) is 23.5 Å².